The lowest BCUT2D eigenvalue weighted by Gasteiger charge is -2.27. The predicted molar refractivity (Wildman–Crippen MR) is 50.1 cm³/mol. The largest absolute Gasteiger partial charge is 0.385 e. The fourth-order valence-corrected chi connectivity index (χ4v) is 1.85. The Bertz CT molecular complexity index is 278. The van der Waals surface area contributed by atoms with E-state index in [4.69, 9.17) is 0 Å². The Balaban J connectivity index is 1.96. The maximum atomic E-state index is 9.84. The van der Waals surface area contributed by atoms with Gasteiger partial charge in [-0.2, -0.15) is 0 Å². The number of aliphatic hydroxyl groups is 1. The molecule has 72 valence electrons. The summed E-state index contributed by atoms with van der Waals surface area (Å²) in [5.41, 5.74) is 0. The molecule has 2 rings (SSSR count). The molecule has 1 fully saturated rings. The van der Waals surface area contributed by atoms with Crippen molar-refractivity contribution in [1.29, 1.82) is 0 Å². The first-order valence-corrected chi connectivity index (χ1v) is 4.92. The average molecular weight is 180 g/mol. The molecular weight excluding hydrogens is 164 g/mol. The van der Waals surface area contributed by atoms with Crippen LogP contribution in [0.25, 0.3) is 0 Å². The third-order valence-corrected chi connectivity index (χ3v) is 2.94. The molecule has 1 aromatic heterocycles. The van der Waals surface area contributed by atoms with Gasteiger partial charge in [-0.1, -0.05) is 19.3 Å². The van der Waals surface area contributed by atoms with Crippen LogP contribution < -0.4 is 0 Å². The number of aliphatic hydroxyl groups excluding tert-OH is 1. The first kappa shape index (κ1) is 8.75. The van der Waals surface area contributed by atoms with Crippen LogP contribution in [0.3, 0.4) is 0 Å². The minimum atomic E-state index is -0.370. The van der Waals surface area contributed by atoms with Crippen molar-refractivity contribution in [3.05, 3.63) is 18.2 Å². The van der Waals surface area contributed by atoms with E-state index < -0.39 is 0 Å². The molecule has 3 nitrogen and oxygen atoms in total. The number of aromatic nitrogens is 2. The highest BCUT2D eigenvalue weighted by molar-refractivity contribution is 4.96. The Labute approximate surface area is 78.4 Å². The smallest absolute Gasteiger partial charge is 0.137 e. The third-order valence-electron chi connectivity index (χ3n) is 2.94. The molecule has 1 aliphatic rings. The quantitative estimate of drug-likeness (QED) is 0.768. The van der Waals surface area contributed by atoms with Gasteiger partial charge in [0.25, 0.3) is 0 Å². The Morgan fingerprint density at radius 2 is 2.46 bits per heavy atom. The van der Waals surface area contributed by atoms with Crippen LogP contribution in [0.5, 0.6) is 0 Å². The molecule has 0 radical (unpaired) electrons. The highest BCUT2D eigenvalue weighted by atomic mass is 16.3. The Hall–Kier alpha value is -0.830. The minimum absolute atomic E-state index is 0.370. The highest BCUT2D eigenvalue weighted by Gasteiger charge is 2.23. The van der Waals surface area contributed by atoms with E-state index in [0.717, 1.165) is 18.2 Å². The highest BCUT2D eigenvalue weighted by Crippen LogP contribution is 2.33. The van der Waals surface area contributed by atoms with Crippen molar-refractivity contribution in [2.45, 2.75) is 31.8 Å². The van der Waals surface area contributed by atoms with E-state index in [-0.39, 0.29) is 6.10 Å². The zero-order valence-electron chi connectivity index (χ0n) is 7.98. The second-order valence-corrected chi connectivity index (χ2v) is 3.94. The van der Waals surface area contributed by atoms with Crippen molar-refractivity contribution in [2.24, 2.45) is 13.0 Å². The lowest BCUT2D eigenvalue weighted by Crippen LogP contribution is -2.16. The molecule has 0 aromatic carbocycles. The van der Waals surface area contributed by atoms with Crippen molar-refractivity contribution in [3.8, 4) is 0 Å². The molecular formula is C10H16N2O. The summed E-state index contributed by atoms with van der Waals surface area (Å²) in [7, 11) is 1.92. The fraction of sp³-hybridized carbons (Fsp3) is 0.700. The number of imidazole rings is 1. The minimum Gasteiger partial charge on any atom is -0.385 e. The number of hydrogen-bond acceptors (Lipinski definition) is 2. The summed E-state index contributed by atoms with van der Waals surface area (Å²) in [6.07, 6.45) is 8.01. The van der Waals surface area contributed by atoms with Crippen molar-refractivity contribution in [1.82, 2.24) is 9.55 Å². The second-order valence-electron chi connectivity index (χ2n) is 3.94. The van der Waals surface area contributed by atoms with Crippen LogP contribution in [0.4, 0.5) is 0 Å². The van der Waals surface area contributed by atoms with Gasteiger partial charge in [-0.15, -0.1) is 0 Å². The lowest BCUT2D eigenvalue weighted by atomic mass is 9.81. The van der Waals surface area contributed by atoms with Gasteiger partial charge in [0.2, 0.25) is 0 Å². The van der Waals surface area contributed by atoms with Crippen molar-refractivity contribution < 1.29 is 5.11 Å². The van der Waals surface area contributed by atoms with Crippen LogP contribution in [0.15, 0.2) is 12.4 Å². The molecule has 0 spiro atoms. The van der Waals surface area contributed by atoms with Crippen LogP contribution in [0.1, 0.15) is 37.6 Å². The van der Waals surface area contributed by atoms with Gasteiger partial charge < -0.3 is 9.67 Å². The van der Waals surface area contributed by atoms with Crippen LogP contribution in [0, 0.1) is 5.92 Å². The molecule has 1 unspecified atom stereocenters. The standard InChI is InChI=1S/C10H16N2O/c1-12-6-5-11-10(12)9(13)7-8-3-2-4-8/h5-6,8-9,13H,2-4,7H2,1H3. The summed E-state index contributed by atoms with van der Waals surface area (Å²) < 4.78 is 1.89. The normalized spacial score (nSPS) is 19.8. The number of nitrogens with zero attached hydrogens (tertiary/aromatic N) is 2. The zero-order valence-corrected chi connectivity index (χ0v) is 7.98. The summed E-state index contributed by atoms with van der Waals surface area (Å²) in [5.74, 6) is 1.53. The molecule has 0 saturated heterocycles. The van der Waals surface area contributed by atoms with Crippen LogP contribution >= 0.6 is 0 Å². The van der Waals surface area contributed by atoms with Crippen LogP contribution in [0.2, 0.25) is 0 Å². The summed E-state index contributed by atoms with van der Waals surface area (Å²) in [4.78, 5) is 4.14. The van der Waals surface area contributed by atoms with Gasteiger partial charge in [0.05, 0.1) is 0 Å². The van der Waals surface area contributed by atoms with Gasteiger partial charge >= 0.3 is 0 Å². The predicted octanol–water partition coefficient (Wildman–Crippen LogP) is 1.64. The second kappa shape index (κ2) is 3.50. The van der Waals surface area contributed by atoms with E-state index in [1.54, 1.807) is 6.20 Å². The molecule has 0 aliphatic heterocycles. The third kappa shape index (κ3) is 1.75. The molecule has 1 atom stereocenters. The maximum absolute atomic E-state index is 9.84. The average Bonchev–Trinajstić information content (AvgIpc) is 2.43. The van der Waals surface area contributed by atoms with Crippen LogP contribution in [-0.4, -0.2) is 14.7 Å². The molecule has 1 aliphatic carbocycles. The first-order valence-electron chi connectivity index (χ1n) is 4.92. The SMILES string of the molecule is Cn1ccnc1C(O)CC1CCC1. The van der Waals surface area contributed by atoms with E-state index in [2.05, 4.69) is 4.98 Å². The van der Waals surface area contributed by atoms with E-state index in [9.17, 15) is 5.11 Å². The lowest BCUT2D eigenvalue weighted by molar-refractivity contribution is 0.108. The molecule has 1 heterocycles. The molecule has 0 bridgehead atoms. The van der Waals surface area contributed by atoms with E-state index in [1.807, 2.05) is 17.8 Å². The Kier molecular flexibility index (Phi) is 2.36. The van der Waals surface area contributed by atoms with E-state index >= 15 is 0 Å². The monoisotopic (exact) mass is 180 g/mol. The van der Waals surface area contributed by atoms with E-state index in [0.29, 0.717) is 0 Å². The topological polar surface area (TPSA) is 38.0 Å². The van der Waals surface area contributed by atoms with Crippen molar-refractivity contribution >= 4 is 0 Å². The van der Waals surface area contributed by atoms with Gasteiger partial charge in [0.15, 0.2) is 0 Å². The summed E-state index contributed by atoms with van der Waals surface area (Å²) >= 11 is 0. The maximum Gasteiger partial charge on any atom is 0.137 e. The molecule has 1 N–H and O–H groups in total. The van der Waals surface area contributed by atoms with Gasteiger partial charge in [-0.25, -0.2) is 4.98 Å². The van der Waals surface area contributed by atoms with Gasteiger partial charge in [0, 0.05) is 19.4 Å². The van der Waals surface area contributed by atoms with E-state index in [1.165, 1.54) is 19.3 Å². The van der Waals surface area contributed by atoms with Crippen molar-refractivity contribution in [2.75, 3.05) is 0 Å². The molecule has 1 aromatic rings. The van der Waals surface area contributed by atoms with Crippen LogP contribution in [-0.2, 0) is 7.05 Å². The summed E-state index contributed by atoms with van der Waals surface area (Å²) in [6, 6.07) is 0. The van der Waals surface area contributed by atoms with Crippen molar-refractivity contribution in [3.63, 3.8) is 0 Å². The summed E-state index contributed by atoms with van der Waals surface area (Å²) in [6.45, 7) is 0. The summed E-state index contributed by atoms with van der Waals surface area (Å²) in [5, 5.41) is 9.84. The Morgan fingerprint density at radius 3 is 2.92 bits per heavy atom. The fourth-order valence-electron chi connectivity index (χ4n) is 1.85. The first-order chi connectivity index (χ1) is 6.27. The molecule has 3 heteroatoms. The zero-order chi connectivity index (χ0) is 9.26. The number of aryl methyl sites for hydroxylation is 1. The Morgan fingerprint density at radius 1 is 1.69 bits per heavy atom. The molecule has 0 amide bonds. The number of rotatable bonds is 3. The van der Waals surface area contributed by atoms with Gasteiger partial charge in [-0.3, -0.25) is 0 Å². The molecule has 1 saturated carbocycles. The number of hydrogen-bond donors (Lipinski definition) is 1. The van der Waals surface area contributed by atoms with Gasteiger partial charge in [-0.05, 0) is 12.3 Å². The molecule has 13 heavy (non-hydrogen) atoms. The van der Waals surface area contributed by atoms with Gasteiger partial charge in [0.1, 0.15) is 11.9 Å².